The van der Waals surface area contributed by atoms with Gasteiger partial charge in [0.1, 0.15) is 30.2 Å². The number of carbonyl (C=O) groups is 3. The maximum absolute atomic E-state index is 11.5. The first-order valence-electron chi connectivity index (χ1n) is 6.79. The van der Waals surface area contributed by atoms with Gasteiger partial charge in [-0.05, 0) is 6.42 Å². The van der Waals surface area contributed by atoms with Gasteiger partial charge < -0.3 is 18.9 Å². The topological polar surface area (TPSA) is 88.1 Å². The summed E-state index contributed by atoms with van der Waals surface area (Å²) < 4.78 is 20.1. The van der Waals surface area contributed by atoms with Crippen LogP contribution in [0.5, 0.6) is 0 Å². The van der Waals surface area contributed by atoms with Crippen molar-refractivity contribution in [3.63, 3.8) is 0 Å². The molecule has 0 spiro atoms. The summed E-state index contributed by atoms with van der Waals surface area (Å²) >= 11 is 0. The first-order chi connectivity index (χ1) is 9.53. The van der Waals surface area contributed by atoms with E-state index in [4.69, 9.17) is 18.9 Å². The van der Waals surface area contributed by atoms with E-state index in [0.717, 1.165) is 0 Å². The second kappa shape index (κ2) is 6.11. The Morgan fingerprint density at radius 1 is 0.900 bits per heavy atom. The van der Waals surface area contributed by atoms with Crippen LogP contribution in [-0.4, -0.2) is 42.5 Å². The van der Waals surface area contributed by atoms with Crippen molar-refractivity contribution >= 4 is 18.1 Å². The Morgan fingerprint density at radius 3 is 1.95 bits per heavy atom. The lowest BCUT2D eigenvalue weighted by Gasteiger charge is -2.19. The van der Waals surface area contributed by atoms with Gasteiger partial charge in [0.25, 0.3) is 0 Å². The van der Waals surface area contributed by atoms with Crippen molar-refractivity contribution in [1.82, 2.24) is 0 Å². The van der Waals surface area contributed by atoms with Crippen LogP contribution in [0.4, 0.5) is 9.59 Å². The smallest absolute Gasteiger partial charge is 0.427 e. The summed E-state index contributed by atoms with van der Waals surface area (Å²) in [6, 6.07) is 0. The average Bonchev–Trinajstić information content (AvgIpc) is 2.92. The minimum atomic E-state index is -0.790. The van der Waals surface area contributed by atoms with Gasteiger partial charge in [0, 0.05) is 19.3 Å². The highest BCUT2D eigenvalue weighted by Crippen LogP contribution is 2.28. The predicted molar refractivity (Wildman–Crippen MR) is 65.1 cm³/mol. The van der Waals surface area contributed by atoms with E-state index in [1.165, 1.54) is 0 Å². The normalized spacial score (nSPS) is 32.3. The summed E-state index contributed by atoms with van der Waals surface area (Å²) in [5.74, 6) is -0.00925. The highest BCUT2D eigenvalue weighted by atomic mass is 16.8. The van der Waals surface area contributed by atoms with Crippen LogP contribution in [0.15, 0.2) is 0 Å². The predicted octanol–water partition coefficient (Wildman–Crippen LogP) is 1.96. The molecule has 2 aliphatic rings. The molecule has 112 valence electrons. The van der Waals surface area contributed by atoms with Crippen LogP contribution in [0.1, 0.15) is 39.5 Å². The SMILES string of the molecule is CCC(=O)CC1OC(=O)OC1CC1OC(=O)OC1CC. The minimum Gasteiger partial charge on any atom is -0.427 e. The first-order valence-corrected chi connectivity index (χ1v) is 6.79. The zero-order valence-corrected chi connectivity index (χ0v) is 11.5. The van der Waals surface area contributed by atoms with Crippen LogP contribution >= 0.6 is 0 Å². The molecule has 0 aromatic carbocycles. The number of cyclic esters (lactones) is 4. The number of ether oxygens (including phenoxy) is 4. The van der Waals surface area contributed by atoms with Crippen molar-refractivity contribution in [3.05, 3.63) is 0 Å². The second-order valence-electron chi connectivity index (χ2n) is 4.87. The Balaban J connectivity index is 1.97. The van der Waals surface area contributed by atoms with Gasteiger partial charge in [-0.15, -0.1) is 0 Å². The minimum absolute atomic E-state index is 0.00925. The van der Waals surface area contributed by atoms with E-state index in [1.54, 1.807) is 6.92 Å². The van der Waals surface area contributed by atoms with E-state index in [-0.39, 0.29) is 24.7 Å². The Kier molecular flexibility index (Phi) is 4.46. The number of hydrogen-bond acceptors (Lipinski definition) is 7. The molecule has 2 rings (SSSR count). The van der Waals surface area contributed by atoms with E-state index in [9.17, 15) is 14.4 Å². The van der Waals surface area contributed by atoms with Crippen molar-refractivity contribution in [2.45, 2.75) is 63.9 Å². The van der Waals surface area contributed by atoms with Gasteiger partial charge in [-0.25, -0.2) is 9.59 Å². The van der Waals surface area contributed by atoms with Gasteiger partial charge in [-0.2, -0.15) is 0 Å². The zero-order valence-electron chi connectivity index (χ0n) is 11.5. The fourth-order valence-electron chi connectivity index (χ4n) is 2.37. The van der Waals surface area contributed by atoms with Gasteiger partial charge in [-0.1, -0.05) is 13.8 Å². The van der Waals surface area contributed by atoms with E-state index in [1.807, 2.05) is 6.92 Å². The van der Waals surface area contributed by atoms with Gasteiger partial charge in [0.2, 0.25) is 0 Å². The molecule has 0 amide bonds. The number of Topliss-reactive ketones (excluding diaryl/α,β-unsaturated/α-hetero) is 1. The quantitative estimate of drug-likeness (QED) is 0.689. The molecule has 0 bridgehead atoms. The molecule has 0 aromatic heterocycles. The highest BCUT2D eigenvalue weighted by molar-refractivity contribution is 5.79. The van der Waals surface area contributed by atoms with E-state index in [2.05, 4.69) is 0 Å². The Hall–Kier alpha value is -1.79. The Morgan fingerprint density at radius 2 is 1.40 bits per heavy atom. The summed E-state index contributed by atoms with van der Waals surface area (Å²) in [5, 5.41) is 0. The summed E-state index contributed by atoms with van der Waals surface area (Å²) in [6.45, 7) is 3.61. The third-order valence-electron chi connectivity index (χ3n) is 3.51. The largest absolute Gasteiger partial charge is 0.509 e. The Labute approximate surface area is 116 Å². The van der Waals surface area contributed by atoms with Crippen LogP contribution in [0.25, 0.3) is 0 Å². The van der Waals surface area contributed by atoms with Crippen molar-refractivity contribution < 1.29 is 33.3 Å². The maximum Gasteiger partial charge on any atom is 0.509 e. The third-order valence-corrected chi connectivity index (χ3v) is 3.51. The van der Waals surface area contributed by atoms with Gasteiger partial charge >= 0.3 is 12.3 Å². The van der Waals surface area contributed by atoms with Crippen molar-refractivity contribution in [1.29, 1.82) is 0 Å². The fourth-order valence-corrected chi connectivity index (χ4v) is 2.37. The zero-order chi connectivity index (χ0) is 14.7. The van der Waals surface area contributed by atoms with E-state index in [0.29, 0.717) is 12.8 Å². The molecule has 2 heterocycles. The lowest BCUT2D eigenvalue weighted by atomic mass is 9.98. The molecule has 0 radical (unpaired) electrons. The molecule has 2 aliphatic heterocycles. The molecule has 4 unspecified atom stereocenters. The molecule has 20 heavy (non-hydrogen) atoms. The number of rotatable bonds is 6. The van der Waals surface area contributed by atoms with Crippen molar-refractivity contribution in [2.75, 3.05) is 0 Å². The maximum atomic E-state index is 11.5. The molecule has 2 fully saturated rings. The summed E-state index contributed by atoms with van der Waals surface area (Å²) in [6.07, 6.45) is -2.18. The van der Waals surface area contributed by atoms with Gasteiger partial charge in [0.15, 0.2) is 0 Å². The summed E-state index contributed by atoms with van der Waals surface area (Å²) in [7, 11) is 0. The molecule has 4 atom stereocenters. The van der Waals surface area contributed by atoms with Gasteiger partial charge in [-0.3, -0.25) is 4.79 Å². The molecule has 7 heteroatoms. The summed E-state index contributed by atoms with van der Waals surface area (Å²) in [4.78, 5) is 33.8. The van der Waals surface area contributed by atoms with Crippen molar-refractivity contribution in [3.8, 4) is 0 Å². The number of carbonyl (C=O) groups excluding carboxylic acids is 3. The molecule has 0 N–H and O–H groups in total. The average molecular weight is 286 g/mol. The van der Waals surface area contributed by atoms with Crippen LogP contribution in [0, 0.1) is 0 Å². The number of hydrogen-bond donors (Lipinski definition) is 0. The molecular formula is C13H18O7. The van der Waals surface area contributed by atoms with E-state index < -0.39 is 30.6 Å². The number of ketones is 1. The molecule has 7 nitrogen and oxygen atoms in total. The standard InChI is InChI=1S/C13H18O7/c1-3-7(14)5-9-11(20-13(16)18-9)6-10-8(4-2)17-12(15)19-10/h8-11H,3-6H2,1-2H3. The van der Waals surface area contributed by atoms with Gasteiger partial charge in [0.05, 0.1) is 0 Å². The van der Waals surface area contributed by atoms with E-state index >= 15 is 0 Å². The van der Waals surface area contributed by atoms with Crippen molar-refractivity contribution in [2.24, 2.45) is 0 Å². The summed E-state index contributed by atoms with van der Waals surface area (Å²) in [5.41, 5.74) is 0. The monoisotopic (exact) mass is 286 g/mol. The molecular weight excluding hydrogens is 268 g/mol. The molecule has 2 saturated heterocycles. The van der Waals surface area contributed by atoms with Crippen LogP contribution in [-0.2, 0) is 23.7 Å². The first kappa shape index (κ1) is 14.6. The second-order valence-corrected chi connectivity index (χ2v) is 4.87. The van der Waals surface area contributed by atoms with Crippen LogP contribution in [0.3, 0.4) is 0 Å². The molecule has 0 aliphatic carbocycles. The van der Waals surface area contributed by atoms with Crippen LogP contribution < -0.4 is 0 Å². The highest BCUT2D eigenvalue weighted by Gasteiger charge is 2.44. The van der Waals surface area contributed by atoms with Crippen LogP contribution in [0.2, 0.25) is 0 Å². The lowest BCUT2D eigenvalue weighted by molar-refractivity contribution is -0.120. The fraction of sp³-hybridized carbons (Fsp3) is 0.769. The molecule has 0 saturated carbocycles. The Bertz CT molecular complexity index is 406. The lowest BCUT2D eigenvalue weighted by Crippen LogP contribution is -2.33. The molecule has 0 aromatic rings. The third kappa shape index (κ3) is 3.20.